The van der Waals surface area contributed by atoms with Crippen molar-refractivity contribution < 1.29 is 4.42 Å². The van der Waals surface area contributed by atoms with E-state index < -0.39 is 0 Å². The lowest BCUT2D eigenvalue weighted by molar-refractivity contribution is 0.458. The molecule has 2 rings (SSSR count). The van der Waals surface area contributed by atoms with E-state index in [9.17, 15) is 0 Å². The summed E-state index contributed by atoms with van der Waals surface area (Å²) in [5, 5.41) is 3.50. The second-order valence-electron chi connectivity index (χ2n) is 3.84. The fourth-order valence-corrected chi connectivity index (χ4v) is 2.74. The van der Waals surface area contributed by atoms with Crippen molar-refractivity contribution in [1.29, 1.82) is 0 Å². The van der Waals surface area contributed by atoms with Gasteiger partial charge in [0.1, 0.15) is 5.76 Å². The van der Waals surface area contributed by atoms with Gasteiger partial charge in [-0.05, 0) is 37.7 Å². The van der Waals surface area contributed by atoms with Gasteiger partial charge in [0.15, 0.2) is 0 Å². The molecule has 0 fully saturated rings. The molecule has 16 heavy (non-hydrogen) atoms. The summed E-state index contributed by atoms with van der Waals surface area (Å²) in [7, 11) is 0. The third-order valence-corrected chi connectivity index (χ3v) is 3.65. The number of thiophene rings is 1. The minimum atomic E-state index is 0.370. The van der Waals surface area contributed by atoms with Gasteiger partial charge in [-0.3, -0.25) is 0 Å². The maximum Gasteiger partial charge on any atom is 0.105 e. The summed E-state index contributed by atoms with van der Waals surface area (Å²) in [5.74, 6) is 1.04. The van der Waals surface area contributed by atoms with Crippen LogP contribution in [0.2, 0.25) is 0 Å². The molecule has 0 amide bonds. The summed E-state index contributed by atoms with van der Waals surface area (Å²) >= 11 is 1.85. The number of nitrogens with one attached hydrogen (secondary N) is 1. The van der Waals surface area contributed by atoms with Crippen LogP contribution in [0.1, 0.15) is 28.5 Å². The molecule has 2 nitrogen and oxygen atoms in total. The summed E-state index contributed by atoms with van der Waals surface area (Å²) in [6.45, 7) is 5.25. The van der Waals surface area contributed by atoms with Crippen LogP contribution in [-0.4, -0.2) is 6.54 Å². The summed E-state index contributed by atoms with van der Waals surface area (Å²) in [5.41, 5.74) is 0. The fraction of sp³-hybridized carbons (Fsp3) is 0.385. The molecule has 2 aromatic rings. The second-order valence-corrected chi connectivity index (χ2v) is 5.16. The number of furan rings is 1. The zero-order chi connectivity index (χ0) is 11.4. The monoisotopic (exact) mass is 235 g/mol. The van der Waals surface area contributed by atoms with Gasteiger partial charge < -0.3 is 9.73 Å². The van der Waals surface area contributed by atoms with Gasteiger partial charge in [-0.1, -0.05) is 6.92 Å². The highest BCUT2D eigenvalue weighted by Gasteiger charge is 2.14. The van der Waals surface area contributed by atoms with E-state index in [4.69, 9.17) is 4.42 Å². The van der Waals surface area contributed by atoms with E-state index in [-0.39, 0.29) is 0 Å². The number of hydrogen-bond acceptors (Lipinski definition) is 3. The first kappa shape index (κ1) is 11.4. The minimum absolute atomic E-state index is 0.370. The van der Waals surface area contributed by atoms with Crippen molar-refractivity contribution in [3.8, 4) is 0 Å². The molecule has 0 aromatic carbocycles. The van der Waals surface area contributed by atoms with Gasteiger partial charge in [0.05, 0.1) is 6.26 Å². The van der Waals surface area contributed by atoms with Crippen molar-refractivity contribution in [1.82, 2.24) is 5.32 Å². The summed E-state index contributed by atoms with van der Waals surface area (Å²) < 4.78 is 5.40. The Kier molecular flexibility index (Phi) is 3.80. The largest absolute Gasteiger partial charge is 0.469 e. The molecule has 0 saturated heterocycles. The van der Waals surface area contributed by atoms with Gasteiger partial charge >= 0.3 is 0 Å². The Morgan fingerprint density at radius 2 is 2.25 bits per heavy atom. The Morgan fingerprint density at radius 3 is 2.81 bits per heavy atom. The SMILES string of the molecule is CCNC(Cc1ccco1)c1ccc(C)s1. The molecule has 1 N–H and O–H groups in total. The maximum atomic E-state index is 5.40. The molecular formula is C13H17NOS. The normalized spacial score (nSPS) is 12.9. The van der Waals surface area contributed by atoms with Gasteiger partial charge in [0.2, 0.25) is 0 Å². The summed E-state index contributed by atoms with van der Waals surface area (Å²) in [4.78, 5) is 2.74. The zero-order valence-electron chi connectivity index (χ0n) is 9.69. The van der Waals surface area contributed by atoms with Crippen LogP contribution >= 0.6 is 11.3 Å². The maximum absolute atomic E-state index is 5.40. The fourth-order valence-electron chi connectivity index (χ4n) is 1.79. The van der Waals surface area contributed by atoms with Crippen LogP contribution in [0.5, 0.6) is 0 Å². The smallest absolute Gasteiger partial charge is 0.105 e. The number of hydrogen-bond donors (Lipinski definition) is 1. The number of likely N-dealkylation sites (N-methyl/N-ethyl adjacent to an activating group) is 1. The second kappa shape index (κ2) is 5.32. The Balaban J connectivity index is 2.11. The third kappa shape index (κ3) is 2.74. The lowest BCUT2D eigenvalue weighted by Crippen LogP contribution is -2.21. The molecule has 0 spiro atoms. The molecule has 0 radical (unpaired) electrons. The van der Waals surface area contributed by atoms with Crippen LogP contribution < -0.4 is 5.32 Å². The van der Waals surface area contributed by atoms with Gasteiger partial charge in [-0.2, -0.15) is 0 Å². The summed E-state index contributed by atoms with van der Waals surface area (Å²) in [6, 6.07) is 8.72. The predicted molar refractivity (Wildman–Crippen MR) is 67.9 cm³/mol. The molecule has 0 saturated carbocycles. The molecule has 2 aromatic heterocycles. The lowest BCUT2D eigenvalue weighted by atomic mass is 10.1. The van der Waals surface area contributed by atoms with Crippen LogP contribution in [0.4, 0.5) is 0 Å². The Hall–Kier alpha value is -1.06. The van der Waals surface area contributed by atoms with Crippen LogP contribution in [0, 0.1) is 6.92 Å². The molecule has 0 bridgehead atoms. The van der Waals surface area contributed by atoms with Crippen LogP contribution in [0.15, 0.2) is 34.9 Å². The van der Waals surface area contributed by atoms with E-state index in [1.165, 1.54) is 9.75 Å². The minimum Gasteiger partial charge on any atom is -0.469 e. The highest BCUT2D eigenvalue weighted by molar-refractivity contribution is 7.12. The molecule has 2 heterocycles. The standard InChI is InChI=1S/C13H17NOS/c1-3-14-12(9-11-5-4-8-15-11)13-7-6-10(2)16-13/h4-8,12,14H,3,9H2,1-2H3. The van der Waals surface area contributed by atoms with E-state index in [0.717, 1.165) is 18.7 Å². The Bertz CT molecular complexity index is 419. The van der Waals surface area contributed by atoms with Crippen molar-refractivity contribution in [2.24, 2.45) is 0 Å². The van der Waals surface area contributed by atoms with E-state index in [1.54, 1.807) is 6.26 Å². The van der Waals surface area contributed by atoms with E-state index in [0.29, 0.717) is 6.04 Å². The molecule has 0 aliphatic heterocycles. The summed E-state index contributed by atoms with van der Waals surface area (Å²) in [6.07, 6.45) is 2.65. The van der Waals surface area contributed by atoms with Gasteiger partial charge in [0.25, 0.3) is 0 Å². The van der Waals surface area contributed by atoms with Gasteiger partial charge in [-0.25, -0.2) is 0 Å². The van der Waals surface area contributed by atoms with Crippen molar-refractivity contribution in [3.63, 3.8) is 0 Å². The third-order valence-electron chi connectivity index (χ3n) is 2.54. The lowest BCUT2D eigenvalue weighted by Gasteiger charge is -2.14. The molecule has 1 unspecified atom stereocenters. The van der Waals surface area contributed by atoms with E-state index >= 15 is 0 Å². The first-order chi connectivity index (χ1) is 7.79. The molecule has 0 aliphatic carbocycles. The molecule has 3 heteroatoms. The highest BCUT2D eigenvalue weighted by atomic mass is 32.1. The highest BCUT2D eigenvalue weighted by Crippen LogP contribution is 2.25. The first-order valence-electron chi connectivity index (χ1n) is 5.61. The Labute approximate surface area is 100 Å². The molecular weight excluding hydrogens is 218 g/mol. The average molecular weight is 235 g/mol. The van der Waals surface area contributed by atoms with Crippen LogP contribution in [-0.2, 0) is 6.42 Å². The van der Waals surface area contributed by atoms with Crippen molar-refractivity contribution >= 4 is 11.3 Å². The van der Waals surface area contributed by atoms with Gasteiger partial charge in [-0.15, -0.1) is 11.3 Å². The topological polar surface area (TPSA) is 25.2 Å². The van der Waals surface area contributed by atoms with Crippen LogP contribution in [0.3, 0.4) is 0 Å². The molecule has 0 aliphatic rings. The quantitative estimate of drug-likeness (QED) is 0.857. The number of rotatable bonds is 5. The van der Waals surface area contributed by atoms with E-state index in [1.807, 2.05) is 23.5 Å². The van der Waals surface area contributed by atoms with Gasteiger partial charge in [0, 0.05) is 22.2 Å². The molecule has 1 atom stereocenters. The average Bonchev–Trinajstić information content (AvgIpc) is 2.88. The zero-order valence-corrected chi connectivity index (χ0v) is 10.5. The number of aryl methyl sites for hydroxylation is 1. The van der Waals surface area contributed by atoms with E-state index in [2.05, 4.69) is 31.3 Å². The Morgan fingerprint density at radius 1 is 1.38 bits per heavy atom. The van der Waals surface area contributed by atoms with Crippen molar-refractivity contribution in [2.75, 3.05) is 6.54 Å². The molecule has 86 valence electrons. The van der Waals surface area contributed by atoms with Crippen molar-refractivity contribution in [2.45, 2.75) is 26.3 Å². The van der Waals surface area contributed by atoms with Crippen LogP contribution in [0.25, 0.3) is 0 Å². The first-order valence-corrected chi connectivity index (χ1v) is 6.43. The van der Waals surface area contributed by atoms with Crippen molar-refractivity contribution in [3.05, 3.63) is 46.0 Å². The predicted octanol–water partition coefficient (Wildman–Crippen LogP) is 3.54.